The molecule has 0 aromatic heterocycles. The quantitative estimate of drug-likeness (QED) is 0.671. The molecule has 1 aliphatic rings. The Morgan fingerprint density at radius 1 is 1.43 bits per heavy atom. The molecule has 1 aliphatic heterocycles. The van der Waals surface area contributed by atoms with Gasteiger partial charge in [0.15, 0.2) is 11.1 Å². The summed E-state index contributed by atoms with van der Waals surface area (Å²) in [5, 5.41) is 3.31. The summed E-state index contributed by atoms with van der Waals surface area (Å²) in [6.45, 7) is 8.39. The molecule has 1 heterocycles. The maximum Gasteiger partial charge on any atom is 0.159 e. The fourth-order valence-electron chi connectivity index (χ4n) is 1.65. The number of hydrogen-bond acceptors (Lipinski definition) is 3. The van der Waals surface area contributed by atoms with Gasteiger partial charge in [-0.2, -0.15) is 0 Å². The normalized spacial score (nSPS) is 23.1. The molecule has 1 rings (SSSR count). The Hall–Kier alpha value is 0.0300. The van der Waals surface area contributed by atoms with Crippen molar-refractivity contribution in [3.8, 4) is 0 Å². The van der Waals surface area contributed by atoms with Crippen LogP contribution in [0.3, 0.4) is 0 Å². The largest absolute Gasteiger partial charge is 0.315 e. The predicted molar refractivity (Wildman–Crippen MR) is 58.8 cm³/mol. The molecule has 1 saturated heterocycles. The van der Waals surface area contributed by atoms with Crippen LogP contribution in [-0.2, 0) is 11.1 Å². The highest BCUT2D eigenvalue weighted by molar-refractivity contribution is 7.80. The summed E-state index contributed by atoms with van der Waals surface area (Å²) >= 11 is -1.75. The lowest BCUT2D eigenvalue weighted by Crippen LogP contribution is -2.43. The van der Waals surface area contributed by atoms with Crippen molar-refractivity contribution in [3.63, 3.8) is 0 Å². The van der Waals surface area contributed by atoms with Crippen LogP contribution in [0.5, 0.6) is 0 Å². The highest BCUT2D eigenvalue weighted by Gasteiger charge is 2.27. The van der Waals surface area contributed by atoms with Gasteiger partial charge in [-0.05, 0) is 33.4 Å². The van der Waals surface area contributed by atoms with E-state index in [0.717, 1.165) is 32.6 Å². The standard InChI is InChI=1S/C9H20N2O2S/c1-9(2,14(12)13)8-11-6-3-4-10-5-7-11/h10H,3-8H2,1-2H3,(H,12,13). The van der Waals surface area contributed by atoms with Gasteiger partial charge in [-0.25, -0.2) is 4.21 Å². The number of rotatable bonds is 3. The highest BCUT2D eigenvalue weighted by atomic mass is 32.2. The second-order valence-electron chi connectivity index (χ2n) is 4.39. The molecular weight excluding hydrogens is 200 g/mol. The van der Waals surface area contributed by atoms with E-state index in [2.05, 4.69) is 10.2 Å². The zero-order valence-corrected chi connectivity index (χ0v) is 9.77. The van der Waals surface area contributed by atoms with Gasteiger partial charge in [0.1, 0.15) is 0 Å². The Morgan fingerprint density at radius 3 is 2.79 bits per heavy atom. The Bertz CT molecular complexity index is 201. The van der Waals surface area contributed by atoms with Crippen molar-refractivity contribution in [2.75, 3.05) is 32.7 Å². The van der Waals surface area contributed by atoms with E-state index in [9.17, 15) is 4.21 Å². The lowest BCUT2D eigenvalue weighted by atomic mass is 10.2. The van der Waals surface area contributed by atoms with Crippen LogP contribution in [0, 0.1) is 0 Å². The molecule has 0 saturated carbocycles. The summed E-state index contributed by atoms with van der Waals surface area (Å²) in [6, 6.07) is 0. The van der Waals surface area contributed by atoms with E-state index in [1.165, 1.54) is 0 Å². The first-order chi connectivity index (χ1) is 6.52. The molecule has 1 fully saturated rings. The minimum absolute atomic E-state index is 0.523. The molecule has 14 heavy (non-hydrogen) atoms. The molecule has 1 atom stereocenters. The predicted octanol–water partition coefficient (Wildman–Crippen LogP) is 0.282. The van der Waals surface area contributed by atoms with Crippen molar-refractivity contribution in [3.05, 3.63) is 0 Å². The van der Waals surface area contributed by atoms with E-state index in [0.29, 0.717) is 6.54 Å². The Labute approximate surface area is 88.3 Å². The first kappa shape index (κ1) is 12.1. The van der Waals surface area contributed by atoms with E-state index in [-0.39, 0.29) is 0 Å². The molecule has 0 radical (unpaired) electrons. The van der Waals surface area contributed by atoms with Crippen LogP contribution < -0.4 is 5.32 Å². The van der Waals surface area contributed by atoms with E-state index >= 15 is 0 Å². The summed E-state index contributed by atoms with van der Waals surface area (Å²) in [5.74, 6) is 0. The van der Waals surface area contributed by atoms with Crippen molar-refractivity contribution in [2.45, 2.75) is 25.0 Å². The zero-order valence-electron chi connectivity index (χ0n) is 8.95. The third-order valence-electron chi connectivity index (χ3n) is 2.51. The fraction of sp³-hybridized carbons (Fsp3) is 1.00. The third kappa shape index (κ3) is 3.65. The average molecular weight is 220 g/mol. The van der Waals surface area contributed by atoms with Crippen LogP contribution in [0.25, 0.3) is 0 Å². The van der Waals surface area contributed by atoms with Crippen LogP contribution in [0.4, 0.5) is 0 Å². The van der Waals surface area contributed by atoms with Gasteiger partial charge in [0.25, 0.3) is 0 Å². The molecular formula is C9H20N2O2S. The van der Waals surface area contributed by atoms with Crippen LogP contribution in [0.15, 0.2) is 0 Å². The maximum atomic E-state index is 11.0. The molecule has 0 aliphatic carbocycles. The smallest absolute Gasteiger partial charge is 0.159 e. The minimum atomic E-state index is -1.75. The van der Waals surface area contributed by atoms with E-state index in [1.54, 1.807) is 0 Å². The van der Waals surface area contributed by atoms with Gasteiger partial charge in [-0.15, -0.1) is 0 Å². The molecule has 84 valence electrons. The van der Waals surface area contributed by atoms with Gasteiger partial charge in [-0.1, -0.05) is 0 Å². The third-order valence-corrected chi connectivity index (χ3v) is 3.58. The Balaban J connectivity index is 2.45. The summed E-state index contributed by atoms with van der Waals surface area (Å²) < 4.78 is 19.6. The van der Waals surface area contributed by atoms with Crippen molar-refractivity contribution < 1.29 is 8.76 Å². The lowest BCUT2D eigenvalue weighted by molar-refractivity contribution is 0.266. The van der Waals surface area contributed by atoms with Gasteiger partial charge in [-0.3, -0.25) is 0 Å². The Kier molecular flexibility index (Phi) is 4.50. The molecule has 0 aromatic rings. The van der Waals surface area contributed by atoms with Crippen molar-refractivity contribution >= 4 is 11.1 Å². The summed E-state index contributed by atoms with van der Waals surface area (Å²) in [7, 11) is 0. The summed E-state index contributed by atoms with van der Waals surface area (Å²) in [4.78, 5) is 2.26. The molecule has 1 unspecified atom stereocenters. The second kappa shape index (κ2) is 5.21. The van der Waals surface area contributed by atoms with E-state index < -0.39 is 15.8 Å². The Morgan fingerprint density at radius 2 is 2.14 bits per heavy atom. The molecule has 0 aromatic carbocycles. The SMILES string of the molecule is CC(C)(CN1CCCNCC1)S(=O)O. The lowest BCUT2D eigenvalue weighted by Gasteiger charge is -2.28. The number of nitrogens with zero attached hydrogens (tertiary/aromatic N) is 1. The minimum Gasteiger partial charge on any atom is -0.315 e. The highest BCUT2D eigenvalue weighted by Crippen LogP contribution is 2.13. The first-order valence-corrected chi connectivity index (χ1v) is 6.17. The maximum absolute atomic E-state index is 11.0. The summed E-state index contributed by atoms with van der Waals surface area (Å²) in [5.41, 5.74) is 0. The van der Waals surface area contributed by atoms with Gasteiger partial charge >= 0.3 is 0 Å². The van der Waals surface area contributed by atoms with Gasteiger partial charge in [0.05, 0.1) is 4.75 Å². The van der Waals surface area contributed by atoms with E-state index in [1.807, 2.05) is 13.8 Å². The molecule has 5 heteroatoms. The molecule has 0 spiro atoms. The fourth-order valence-corrected chi connectivity index (χ4v) is 1.95. The van der Waals surface area contributed by atoms with E-state index in [4.69, 9.17) is 4.55 Å². The molecule has 0 bridgehead atoms. The first-order valence-electron chi connectivity index (χ1n) is 5.06. The monoisotopic (exact) mass is 220 g/mol. The number of hydrogen-bond donors (Lipinski definition) is 2. The number of nitrogens with one attached hydrogen (secondary N) is 1. The van der Waals surface area contributed by atoms with Crippen LogP contribution in [0.1, 0.15) is 20.3 Å². The second-order valence-corrected chi connectivity index (χ2v) is 5.99. The van der Waals surface area contributed by atoms with Crippen molar-refractivity contribution in [2.24, 2.45) is 0 Å². The average Bonchev–Trinajstić information content (AvgIpc) is 2.32. The molecule has 0 amide bonds. The van der Waals surface area contributed by atoms with Gasteiger partial charge in [0.2, 0.25) is 0 Å². The van der Waals surface area contributed by atoms with Crippen molar-refractivity contribution in [1.82, 2.24) is 10.2 Å². The van der Waals surface area contributed by atoms with Crippen LogP contribution in [-0.4, -0.2) is 51.1 Å². The van der Waals surface area contributed by atoms with Crippen molar-refractivity contribution in [1.29, 1.82) is 0 Å². The molecule has 4 nitrogen and oxygen atoms in total. The zero-order chi connectivity index (χ0) is 10.6. The topological polar surface area (TPSA) is 52.6 Å². The van der Waals surface area contributed by atoms with Gasteiger partial charge in [0, 0.05) is 19.6 Å². The van der Waals surface area contributed by atoms with Gasteiger partial charge < -0.3 is 14.8 Å². The van der Waals surface area contributed by atoms with Crippen LogP contribution >= 0.6 is 0 Å². The van der Waals surface area contributed by atoms with Crippen LogP contribution in [0.2, 0.25) is 0 Å². The molecule has 2 N–H and O–H groups in total. The summed E-state index contributed by atoms with van der Waals surface area (Å²) in [6.07, 6.45) is 1.12.